The van der Waals surface area contributed by atoms with E-state index in [0.717, 1.165) is 76.2 Å². The molecule has 4 aromatic carbocycles. The van der Waals surface area contributed by atoms with Gasteiger partial charge in [0.05, 0.1) is 11.5 Å². The van der Waals surface area contributed by atoms with Crippen LogP contribution in [0.5, 0.6) is 0 Å². The number of aliphatic hydroxyl groups is 1. The smallest absolute Gasteiger partial charge is 0.162 e. The molecule has 0 bridgehead atoms. The maximum Gasteiger partial charge on any atom is 0.162 e. The average molecular weight is 874 g/mol. The number of aromatic nitrogens is 2. The molecule has 1 N–H and O–H groups in total. The Bertz CT molecular complexity index is 2180. The Morgan fingerprint density at radius 2 is 1.52 bits per heavy atom. The summed E-state index contributed by atoms with van der Waals surface area (Å²) in [5, 5.41) is 13.0. The van der Waals surface area contributed by atoms with Crippen LogP contribution in [0.4, 0.5) is 0 Å². The zero-order valence-corrected chi connectivity index (χ0v) is 34.6. The zero-order valence-electron chi connectivity index (χ0n) is 32.2. The number of benzene rings is 4. The van der Waals surface area contributed by atoms with E-state index in [9.17, 15) is 9.90 Å². The molecule has 0 spiro atoms. The Hall–Kier alpha value is -4.12. The number of hydrogen-bond acceptors (Lipinski definition) is 5. The van der Waals surface area contributed by atoms with Crippen molar-refractivity contribution >= 4 is 38.6 Å². The molecule has 0 amide bonds. The van der Waals surface area contributed by atoms with Crippen molar-refractivity contribution in [1.29, 1.82) is 0 Å². The van der Waals surface area contributed by atoms with Crippen molar-refractivity contribution < 1.29 is 34.4 Å². The Kier molecular flexibility index (Phi) is 13.8. The SMILES string of the molecule is CCC(CC)C(=O)/C=C(\O)C(CC)CC.Cc1cc(CC(C)(C)C)ccc1-c1ccc2c(oc3c(-c4[c-]c5ccccc5cc4)ncnc32)c1C.[Ir]. The topological polar surface area (TPSA) is 76.2 Å². The second-order valence-corrected chi connectivity index (χ2v) is 15.0. The number of ketones is 1. The fraction of sp³-hybridized carbons (Fsp3) is 0.370. The van der Waals surface area contributed by atoms with E-state index in [1.807, 2.05) is 39.8 Å². The predicted molar refractivity (Wildman–Crippen MR) is 213 cm³/mol. The molecule has 0 saturated carbocycles. The average Bonchev–Trinajstić information content (AvgIpc) is 3.49. The molecule has 0 saturated heterocycles. The van der Waals surface area contributed by atoms with Gasteiger partial charge in [-0.05, 0) is 79.7 Å². The predicted octanol–water partition coefficient (Wildman–Crippen LogP) is 12.7. The number of rotatable bonds is 10. The van der Waals surface area contributed by atoms with E-state index in [4.69, 9.17) is 4.42 Å². The van der Waals surface area contributed by atoms with Crippen molar-refractivity contribution in [3.8, 4) is 22.4 Å². The summed E-state index contributed by atoms with van der Waals surface area (Å²) >= 11 is 0. The summed E-state index contributed by atoms with van der Waals surface area (Å²) in [7, 11) is 0. The minimum Gasteiger partial charge on any atom is -0.512 e. The third kappa shape index (κ3) is 9.08. The van der Waals surface area contributed by atoms with Crippen molar-refractivity contribution in [2.75, 3.05) is 0 Å². The number of fused-ring (bicyclic) bond motifs is 4. The quantitative estimate of drug-likeness (QED) is 0.0843. The number of allylic oxidation sites excluding steroid dienone is 2. The summed E-state index contributed by atoms with van der Waals surface area (Å²) in [5.74, 6) is 0.547. The van der Waals surface area contributed by atoms with Gasteiger partial charge in [-0.15, -0.1) is 29.7 Å². The second-order valence-electron chi connectivity index (χ2n) is 15.0. The first-order valence-corrected chi connectivity index (χ1v) is 18.5. The van der Waals surface area contributed by atoms with Crippen LogP contribution in [0, 0.1) is 37.2 Å². The molecular weight excluding hydrogens is 821 g/mol. The number of carbonyl (C=O) groups is 1. The van der Waals surface area contributed by atoms with E-state index < -0.39 is 0 Å². The number of furan rings is 1. The van der Waals surface area contributed by atoms with Gasteiger partial charge in [0.15, 0.2) is 5.78 Å². The van der Waals surface area contributed by atoms with Gasteiger partial charge in [-0.25, -0.2) is 4.98 Å². The first kappa shape index (κ1) is 40.6. The Balaban J connectivity index is 0.000000323. The van der Waals surface area contributed by atoms with Gasteiger partial charge in [0, 0.05) is 49.0 Å². The maximum absolute atomic E-state index is 11.7. The van der Waals surface area contributed by atoms with Crippen LogP contribution < -0.4 is 0 Å². The molecule has 0 aliphatic carbocycles. The van der Waals surface area contributed by atoms with Crippen LogP contribution in [0.3, 0.4) is 0 Å². The van der Waals surface area contributed by atoms with E-state index in [1.165, 1.54) is 28.3 Å². The standard InChI is InChI=1S/C33H29N2O.C13H24O2.Ir/c1-20-16-22(18-33(3,4)5)10-13-26(20)27-14-15-28-30-32(36-31(28)21(27)2)29(34-19-35-30)25-12-11-23-8-6-7-9-24(23)17-25;1-5-10(6-2)12(14)9-13(15)11(7-3)8-4;/h6-16,19H,18H2,1-5H3;9-11,14H,5-8H2,1-4H3;/q-1;;/b;12-9-;. The first-order valence-electron chi connectivity index (χ1n) is 18.5. The third-order valence-electron chi connectivity index (χ3n) is 9.98. The molecule has 0 unspecified atom stereocenters. The van der Waals surface area contributed by atoms with Crippen LogP contribution in [-0.4, -0.2) is 20.9 Å². The Labute approximate surface area is 323 Å². The molecule has 1 radical (unpaired) electrons. The largest absolute Gasteiger partial charge is 0.512 e. The monoisotopic (exact) mass is 874 g/mol. The van der Waals surface area contributed by atoms with E-state index in [-0.39, 0.29) is 48.9 Å². The maximum atomic E-state index is 11.7. The van der Waals surface area contributed by atoms with Gasteiger partial charge < -0.3 is 9.52 Å². The molecule has 6 rings (SSSR count). The zero-order chi connectivity index (χ0) is 36.9. The summed E-state index contributed by atoms with van der Waals surface area (Å²) < 4.78 is 6.53. The number of aliphatic hydroxyl groups excluding tert-OH is 1. The summed E-state index contributed by atoms with van der Waals surface area (Å²) in [6.45, 7) is 19.2. The summed E-state index contributed by atoms with van der Waals surface area (Å²) in [6.07, 6.45) is 7.59. The third-order valence-corrected chi connectivity index (χ3v) is 9.98. The summed E-state index contributed by atoms with van der Waals surface area (Å²) in [6, 6.07) is 27.1. The molecule has 0 aliphatic rings. The van der Waals surface area contributed by atoms with Gasteiger partial charge in [-0.1, -0.05) is 102 Å². The Morgan fingerprint density at radius 3 is 2.17 bits per heavy atom. The van der Waals surface area contributed by atoms with Crippen molar-refractivity contribution in [3.63, 3.8) is 0 Å². The number of carbonyl (C=O) groups excluding carboxylic acids is 1. The molecule has 0 fully saturated rings. The molecule has 0 atom stereocenters. The van der Waals surface area contributed by atoms with Crippen molar-refractivity contribution in [2.45, 2.75) is 94.4 Å². The van der Waals surface area contributed by atoms with Crippen LogP contribution >= 0.6 is 0 Å². The van der Waals surface area contributed by atoms with E-state index in [1.54, 1.807) is 6.33 Å². The van der Waals surface area contributed by atoms with Crippen molar-refractivity contribution in [1.82, 2.24) is 9.97 Å². The van der Waals surface area contributed by atoms with E-state index >= 15 is 0 Å². The number of hydrogen-bond donors (Lipinski definition) is 1. The summed E-state index contributed by atoms with van der Waals surface area (Å²) in [4.78, 5) is 20.9. The fourth-order valence-corrected chi connectivity index (χ4v) is 7.04. The van der Waals surface area contributed by atoms with Gasteiger partial charge in [0.2, 0.25) is 0 Å². The van der Waals surface area contributed by atoms with Crippen LogP contribution in [-0.2, 0) is 31.3 Å². The molecular formula is C46H53IrN2O3-. The molecule has 6 aromatic rings. The van der Waals surface area contributed by atoms with E-state index in [0.29, 0.717) is 5.58 Å². The van der Waals surface area contributed by atoms with Gasteiger partial charge >= 0.3 is 0 Å². The normalized spacial score (nSPS) is 12.0. The molecule has 2 heterocycles. The minimum absolute atomic E-state index is 0. The van der Waals surface area contributed by atoms with Gasteiger partial charge in [-0.3, -0.25) is 9.78 Å². The number of nitrogens with zero attached hydrogens (tertiary/aromatic N) is 2. The Morgan fingerprint density at radius 1 is 0.846 bits per heavy atom. The van der Waals surface area contributed by atoms with E-state index in [2.05, 4.69) is 105 Å². The first-order chi connectivity index (χ1) is 24.4. The van der Waals surface area contributed by atoms with Crippen LogP contribution in [0.25, 0.3) is 55.2 Å². The summed E-state index contributed by atoms with van der Waals surface area (Å²) in [5.41, 5.74) is 10.5. The minimum atomic E-state index is 0. The molecule has 0 aliphatic heterocycles. The van der Waals surface area contributed by atoms with Crippen LogP contribution in [0.1, 0.15) is 90.8 Å². The second kappa shape index (κ2) is 17.6. The van der Waals surface area contributed by atoms with Crippen molar-refractivity contribution in [3.05, 3.63) is 108 Å². The molecule has 275 valence electrons. The molecule has 52 heavy (non-hydrogen) atoms. The van der Waals surface area contributed by atoms with Gasteiger partial charge in [0.1, 0.15) is 23.0 Å². The number of aryl methyl sites for hydroxylation is 2. The molecule has 6 heteroatoms. The van der Waals surface area contributed by atoms with Gasteiger partial charge in [0.25, 0.3) is 0 Å². The van der Waals surface area contributed by atoms with Crippen molar-refractivity contribution in [2.24, 2.45) is 17.3 Å². The fourth-order valence-electron chi connectivity index (χ4n) is 7.04. The molecule has 2 aromatic heterocycles. The van der Waals surface area contributed by atoms with Gasteiger partial charge in [-0.2, -0.15) is 0 Å². The molecule has 5 nitrogen and oxygen atoms in total. The van der Waals surface area contributed by atoms with Crippen LogP contribution in [0.15, 0.2) is 89.3 Å². The van der Waals surface area contributed by atoms with Crippen LogP contribution in [0.2, 0.25) is 0 Å².